The van der Waals surface area contributed by atoms with Crippen LogP contribution in [0.3, 0.4) is 0 Å². The quantitative estimate of drug-likeness (QED) is 0.589. The third-order valence-corrected chi connectivity index (χ3v) is 3.05. The molecule has 0 amide bonds. The van der Waals surface area contributed by atoms with Crippen LogP contribution in [0.25, 0.3) is 0 Å². The molecule has 0 aromatic heterocycles. The number of hydrogen-bond donors (Lipinski definition) is 1. The van der Waals surface area contributed by atoms with Gasteiger partial charge in [-0.25, -0.2) is 0 Å². The zero-order chi connectivity index (χ0) is 9.56. The molecule has 0 fully saturated rings. The SMILES string of the molecule is CCC(O)C(Cl)CCCC(C)I. The lowest BCUT2D eigenvalue weighted by atomic mass is 10.1. The second kappa shape index (κ2) is 7.39. The zero-order valence-electron chi connectivity index (χ0n) is 7.76. The van der Waals surface area contributed by atoms with Crippen LogP contribution >= 0.6 is 34.2 Å². The van der Waals surface area contributed by atoms with Crippen molar-refractivity contribution in [2.75, 3.05) is 0 Å². The van der Waals surface area contributed by atoms with E-state index in [9.17, 15) is 5.11 Å². The highest BCUT2D eigenvalue weighted by Crippen LogP contribution is 2.17. The van der Waals surface area contributed by atoms with Gasteiger partial charge in [0.2, 0.25) is 0 Å². The monoisotopic (exact) mass is 304 g/mol. The van der Waals surface area contributed by atoms with Crippen molar-refractivity contribution in [3.63, 3.8) is 0 Å². The van der Waals surface area contributed by atoms with E-state index in [1.165, 1.54) is 6.42 Å². The Morgan fingerprint density at radius 3 is 2.42 bits per heavy atom. The van der Waals surface area contributed by atoms with E-state index in [-0.39, 0.29) is 11.5 Å². The molecule has 74 valence electrons. The predicted octanol–water partition coefficient (Wildman–Crippen LogP) is 3.36. The maximum Gasteiger partial charge on any atom is 0.0701 e. The second-order valence-electron chi connectivity index (χ2n) is 3.20. The Morgan fingerprint density at radius 2 is 2.00 bits per heavy atom. The Kier molecular flexibility index (Phi) is 7.99. The van der Waals surface area contributed by atoms with Gasteiger partial charge in [0.1, 0.15) is 0 Å². The summed E-state index contributed by atoms with van der Waals surface area (Å²) in [5.74, 6) is 0. The molecule has 0 saturated heterocycles. The van der Waals surface area contributed by atoms with Gasteiger partial charge in [-0.15, -0.1) is 11.6 Å². The molecular formula is C9H18ClIO. The van der Waals surface area contributed by atoms with Crippen LogP contribution in [0.5, 0.6) is 0 Å². The molecule has 1 N–H and O–H groups in total. The minimum Gasteiger partial charge on any atom is -0.392 e. The summed E-state index contributed by atoms with van der Waals surface area (Å²) in [4.78, 5) is 0. The van der Waals surface area contributed by atoms with Gasteiger partial charge >= 0.3 is 0 Å². The van der Waals surface area contributed by atoms with Gasteiger partial charge in [-0.3, -0.25) is 0 Å². The Labute approximate surface area is 94.0 Å². The molecule has 0 spiro atoms. The topological polar surface area (TPSA) is 20.2 Å². The molecule has 0 aliphatic heterocycles. The number of rotatable bonds is 6. The molecule has 0 saturated carbocycles. The maximum absolute atomic E-state index is 9.36. The van der Waals surface area contributed by atoms with Crippen LogP contribution in [0.2, 0.25) is 0 Å². The average Bonchev–Trinajstić information content (AvgIpc) is 2.02. The van der Waals surface area contributed by atoms with Crippen LogP contribution in [0, 0.1) is 0 Å². The highest BCUT2D eigenvalue weighted by molar-refractivity contribution is 14.1. The molecule has 0 aromatic carbocycles. The van der Waals surface area contributed by atoms with Crippen molar-refractivity contribution in [2.45, 2.75) is 54.9 Å². The fraction of sp³-hybridized carbons (Fsp3) is 1.00. The van der Waals surface area contributed by atoms with Gasteiger partial charge in [0.15, 0.2) is 0 Å². The number of halogens is 2. The first-order valence-corrected chi connectivity index (χ1v) is 6.22. The van der Waals surface area contributed by atoms with Gasteiger partial charge < -0.3 is 5.11 Å². The summed E-state index contributed by atoms with van der Waals surface area (Å²) in [6.07, 6.45) is 3.68. The lowest BCUT2D eigenvalue weighted by Gasteiger charge is -2.14. The first-order chi connectivity index (χ1) is 5.57. The molecule has 0 aliphatic carbocycles. The molecule has 0 aliphatic rings. The number of hydrogen-bond acceptors (Lipinski definition) is 1. The summed E-state index contributed by atoms with van der Waals surface area (Å²) in [5, 5.41) is 9.31. The predicted molar refractivity (Wildman–Crippen MR) is 63.3 cm³/mol. The largest absolute Gasteiger partial charge is 0.392 e. The third-order valence-electron chi connectivity index (χ3n) is 1.92. The first-order valence-electron chi connectivity index (χ1n) is 4.54. The second-order valence-corrected chi connectivity index (χ2v) is 5.89. The Balaban J connectivity index is 3.37. The number of aliphatic hydroxyl groups excluding tert-OH is 1. The summed E-state index contributed by atoms with van der Waals surface area (Å²) in [5.41, 5.74) is 0. The van der Waals surface area contributed by atoms with Crippen molar-refractivity contribution in [1.82, 2.24) is 0 Å². The Hall–Kier alpha value is 0.980. The van der Waals surface area contributed by atoms with E-state index in [1.54, 1.807) is 0 Å². The van der Waals surface area contributed by atoms with Crippen LogP contribution in [-0.2, 0) is 0 Å². The molecular weight excluding hydrogens is 286 g/mol. The lowest BCUT2D eigenvalue weighted by molar-refractivity contribution is 0.160. The molecule has 0 heterocycles. The normalized spacial score (nSPS) is 18.8. The summed E-state index contributed by atoms with van der Waals surface area (Å²) >= 11 is 8.37. The number of alkyl halides is 2. The van der Waals surface area contributed by atoms with Gasteiger partial charge in [0, 0.05) is 3.92 Å². The molecule has 12 heavy (non-hydrogen) atoms. The summed E-state index contributed by atoms with van der Waals surface area (Å²) in [6, 6.07) is 0. The van der Waals surface area contributed by atoms with Gasteiger partial charge in [0.25, 0.3) is 0 Å². The van der Waals surface area contributed by atoms with E-state index < -0.39 is 0 Å². The van der Waals surface area contributed by atoms with Crippen molar-refractivity contribution in [3.05, 3.63) is 0 Å². The van der Waals surface area contributed by atoms with Gasteiger partial charge in [-0.1, -0.05) is 42.9 Å². The molecule has 0 radical (unpaired) electrons. The smallest absolute Gasteiger partial charge is 0.0701 e. The summed E-state index contributed by atoms with van der Waals surface area (Å²) < 4.78 is 0.713. The summed E-state index contributed by atoms with van der Waals surface area (Å²) in [6.45, 7) is 4.15. The van der Waals surface area contributed by atoms with Gasteiger partial charge in [-0.05, 0) is 19.3 Å². The van der Waals surface area contributed by atoms with E-state index in [0.29, 0.717) is 3.92 Å². The number of aliphatic hydroxyl groups is 1. The van der Waals surface area contributed by atoms with Crippen molar-refractivity contribution < 1.29 is 5.11 Å². The maximum atomic E-state index is 9.36. The highest BCUT2D eigenvalue weighted by atomic mass is 127. The van der Waals surface area contributed by atoms with Crippen LogP contribution in [0.4, 0.5) is 0 Å². The van der Waals surface area contributed by atoms with Crippen LogP contribution in [0.15, 0.2) is 0 Å². The molecule has 1 nitrogen and oxygen atoms in total. The van der Waals surface area contributed by atoms with Crippen LogP contribution < -0.4 is 0 Å². The fourth-order valence-corrected chi connectivity index (χ4v) is 1.82. The van der Waals surface area contributed by atoms with E-state index in [0.717, 1.165) is 19.3 Å². The van der Waals surface area contributed by atoms with Gasteiger partial charge in [-0.2, -0.15) is 0 Å². The molecule has 3 heteroatoms. The first kappa shape index (κ1) is 13.0. The molecule has 3 unspecified atom stereocenters. The van der Waals surface area contributed by atoms with Crippen molar-refractivity contribution >= 4 is 34.2 Å². The zero-order valence-corrected chi connectivity index (χ0v) is 10.7. The minimum absolute atomic E-state index is 0.0508. The molecule has 0 aromatic rings. The average molecular weight is 305 g/mol. The van der Waals surface area contributed by atoms with E-state index in [4.69, 9.17) is 11.6 Å². The van der Waals surface area contributed by atoms with Gasteiger partial charge in [0.05, 0.1) is 11.5 Å². The van der Waals surface area contributed by atoms with E-state index in [1.807, 2.05) is 6.92 Å². The highest BCUT2D eigenvalue weighted by Gasteiger charge is 2.13. The third kappa shape index (κ3) is 6.49. The molecule has 0 rings (SSSR count). The van der Waals surface area contributed by atoms with Crippen LogP contribution in [-0.4, -0.2) is 20.5 Å². The summed E-state index contributed by atoms with van der Waals surface area (Å²) in [7, 11) is 0. The standard InChI is InChI=1S/C9H18ClIO/c1-3-9(12)8(10)6-4-5-7(2)11/h7-9,12H,3-6H2,1-2H3. The Bertz CT molecular complexity index is 109. The lowest BCUT2D eigenvalue weighted by Crippen LogP contribution is -2.19. The van der Waals surface area contributed by atoms with E-state index >= 15 is 0 Å². The minimum atomic E-state index is -0.323. The van der Waals surface area contributed by atoms with Crippen molar-refractivity contribution in [3.8, 4) is 0 Å². The van der Waals surface area contributed by atoms with Crippen molar-refractivity contribution in [1.29, 1.82) is 0 Å². The van der Waals surface area contributed by atoms with E-state index in [2.05, 4.69) is 29.5 Å². The van der Waals surface area contributed by atoms with Crippen LogP contribution in [0.1, 0.15) is 39.5 Å². The molecule has 3 atom stereocenters. The molecule has 0 bridgehead atoms. The Morgan fingerprint density at radius 1 is 1.42 bits per heavy atom. The fourth-order valence-electron chi connectivity index (χ4n) is 1.04. The van der Waals surface area contributed by atoms with Crippen molar-refractivity contribution in [2.24, 2.45) is 0 Å².